The highest BCUT2D eigenvalue weighted by Crippen LogP contribution is 2.18. The second-order valence-corrected chi connectivity index (χ2v) is 5.34. The van der Waals surface area contributed by atoms with E-state index < -0.39 is 0 Å². The van der Waals surface area contributed by atoms with E-state index in [2.05, 4.69) is 6.92 Å². The molecule has 1 aliphatic heterocycles. The molecule has 2 nitrogen and oxygen atoms in total. The zero-order valence-corrected chi connectivity index (χ0v) is 11.4. The Bertz CT molecular complexity index is 195. The third kappa shape index (κ3) is 7.54. The smallest absolute Gasteiger partial charge is 0.133 e. The summed E-state index contributed by atoms with van der Waals surface area (Å²) < 4.78 is 5.29. The fourth-order valence-electron chi connectivity index (χ4n) is 2.45. The van der Waals surface area contributed by atoms with E-state index >= 15 is 0 Å². The Balaban J connectivity index is 1.86. The molecule has 1 aliphatic rings. The second-order valence-electron chi connectivity index (χ2n) is 5.34. The van der Waals surface area contributed by atoms with Crippen molar-refractivity contribution in [1.82, 2.24) is 0 Å². The van der Waals surface area contributed by atoms with Gasteiger partial charge in [0, 0.05) is 26.1 Å². The number of carbonyl (C=O) groups excluding carboxylic acids is 1. The van der Waals surface area contributed by atoms with Gasteiger partial charge in [0.2, 0.25) is 0 Å². The Labute approximate surface area is 106 Å². The minimum Gasteiger partial charge on any atom is -0.381 e. The van der Waals surface area contributed by atoms with Crippen LogP contribution >= 0.6 is 0 Å². The molecule has 1 rings (SSSR count). The summed E-state index contributed by atoms with van der Waals surface area (Å²) in [7, 11) is 0. The zero-order chi connectivity index (χ0) is 12.3. The van der Waals surface area contributed by atoms with Gasteiger partial charge in [0.15, 0.2) is 0 Å². The molecule has 17 heavy (non-hydrogen) atoms. The molecule has 0 saturated carbocycles. The number of hydrogen-bond acceptors (Lipinski definition) is 2. The maximum absolute atomic E-state index is 11.7. The van der Waals surface area contributed by atoms with E-state index in [1.807, 2.05) is 0 Å². The van der Waals surface area contributed by atoms with Crippen LogP contribution in [0, 0.1) is 5.92 Å². The van der Waals surface area contributed by atoms with Gasteiger partial charge in [-0.25, -0.2) is 0 Å². The van der Waals surface area contributed by atoms with Gasteiger partial charge >= 0.3 is 0 Å². The number of rotatable bonds is 10. The van der Waals surface area contributed by atoms with Crippen LogP contribution in [0.1, 0.15) is 71.1 Å². The Hall–Kier alpha value is -0.370. The van der Waals surface area contributed by atoms with Crippen LogP contribution in [0.5, 0.6) is 0 Å². The zero-order valence-electron chi connectivity index (χ0n) is 11.4. The molecule has 0 aromatic heterocycles. The summed E-state index contributed by atoms with van der Waals surface area (Å²) in [6, 6.07) is 0. The van der Waals surface area contributed by atoms with Crippen LogP contribution in [0.2, 0.25) is 0 Å². The summed E-state index contributed by atoms with van der Waals surface area (Å²) in [6.07, 6.45) is 11.7. The summed E-state index contributed by atoms with van der Waals surface area (Å²) >= 11 is 0. The molecule has 0 amide bonds. The number of Topliss-reactive ketones (excluding diaryl/α,β-unsaturated/α-hetero) is 1. The lowest BCUT2D eigenvalue weighted by atomic mass is 9.98. The van der Waals surface area contributed by atoms with Crippen LogP contribution in [0.4, 0.5) is 0 Å². The fourth-order valence-corrected chi connectivity index (χ4v) is 2.45. The molecule has 2 heteroatoms. The highest BCUT2D eigenvalue weighted by Gasteiger charge is 2.18. The Morgan fingerprint density at radius 2 is 1.82 bits per heavy atom. The van der Waals surface area contributed by atoms with Gasteiger partial charge in [0.25, 0.3) is 0 Å². The van der Waals surface area contributed by atoms with E-state index in [0.717, 1.165) is 38.9 Å². The van der Waals surface area contributed by atoms with Crippen molar-refractivity contribution in [3.05, 3.63) is 0 Å². The van der Waals surface area contributed by atoms with Crippen molar-refractivity contribution in [3.8, 4) is 0 Å². The van der Waals surface area contributed by atoms with Gasteiger partial charge in [-0.3, -0.25) is 4.79 Å². The monoisotopic (exact) mass is 240 g/mol. The van der Waals surface area contributed by atoms with Crippen molar-refractivity contribution in [2.75, 3.05) is 13.2 Å². The lowest BCUT2D eigenvalue weighted by Crippen LogP contribution is -2.08. The van der Waals surface area contributed by atoms with Gasteiger partial charge in [-0.1, -0.05) is 45.4 Å². The maximum Gasteiger partial charge on any atom is 0.133 e. The number of ketones is 1. The second kappa shape index (κ2) is 9.64. The summed E-state index contributed by atoms with van der Waals surface area (Å²) in [5, 5.41) is 0. The first-order valence-electron chi connectivity index (χ1n) is 7.42. The van der Waals surface area contributed by atoms with Gasteiger partial charge in [0.05, 0.1) is 0 Å². The molecule has 0 aromatic carbocycles. The van der Waals surface area contributed by atoms with Crippen molar-refractivity contribution < 1.29 is 9.53 Å². The first-order valence-corrected chi connectivity index (χ1v) is 7.42. The molecule has 1 atom stereocenters. The van der Waals surface area contributed by atoms with Crippen molar-refractivity contribution in [3.63, 3.8) is 0 Å². The normalized spacial score (nSPS) is 19.7. The molecule has 0 bridgehead atoms. The first kappa shape index (κ1) is 14.7. The molecule has 1 saturated heterocycles. The topological polar surface area (TPSA) is 26.3 Å². The minimum absolute atomic E-state index is 0.453. The molecule has 0 aromatic rings. The van der Waals surface area contributed by atoms with E-state index in [-0.39, 0.29) is 0 Å². The molecule has 100 valence electrons. The third-order valence-corrected chi connectivity index (χ3v) is 3.60. The molecular weight excluding hydrogens is 212 g/mol. The van der Waals surface area contributed by atoms with Gasteiger partial charge in [-0.2, -0.15) is 0 Å². The summed E-state index contributed by atoms with van der Waals surface area (Å²) in [5.74, 6) is 0.973. The van der Waals surface area contributed by atoms with Crippen LogP contribution in [0.25, 0.3) is 0 Å². The number of ether oxygens (including phenoxy) is 1. The summed E-state index contributed by atoms with van der Waals surface area (Å²) in [4.78, 5) is 11.7. The maximum atomic E-state index is 11.7. The molecular formula is C15H28O2. The lowest BCUT2D eigenvalue weighted by Gasteiger charge is -2.06. The van der Waals surface area contributed by atoms with Crippen molar-refractivity contribution in [1.29, 1.82) is 0 Å². The largest absolute Gasteiger partial charge is 0.381 e. The van der Waals surface area contributed by atoms with Gasteiger partial charge in [0.1, 0.15) is 5.78 Å². The number of unbranched alkanes of at least 4 members (excludes halogenated alkanes) is 6. The van der Waals surface area contributed by atoms with Crippen molar-refractivity contribution in [2.45, 2.75) is 71.1 Å². The molecule has 0 radical (unpaired) electrons. The van der Waals surface area contributed by atoms with E-state index in [1.54, 1.807) is 0 Å². The van der Waals surface area contributed by atoms with Gasteiger partial charge < -0.3 is 4.74 Å². The third-order valence-electron chi connectivity index (χ3n) is 3.60. The number of hydrogen-bond donors (Lipinski definition) is 0. The first-order chi connectivity index (χ1) is 8.33. The van der Waals surface area contributed by atoms with Gasteiger partial charge in [-0.15, -0.1) is 0 Å². The highest BCUT2D eigenvalue weighted by molar-refractivity contribution is 5.78. The fraction of sp³-hybridized carbons (Fsp3) is 0.933. The average Bonchev–Trinajstić information content (AvgIpc) is 2.80. The lowest BCUT2D eigenvalue weighted by molar-refractivity contribution is -0.120. The quantitative estimate of drug-likeness (QED) is 0.537. The minimum atomic E-state index is 0.453. The Morgan fingerprint density at radius 1 is 1.12 bits per heavy atom. The number of carbonyl (C=O) groups is 1. The SMILES string of the molecule is CCCCCCCCCC(=O)CC1CCOC1. The van der Waals surface area contributed by atoms with Crippen molar-refractivity contribution >= 4 is 5.78 Å². The van der Waals surface area contributed by atoms with E-state index in [0.29, 0.717) is 11.7 Å². The Kier molecular flexibility index (Phi) is 8.33. The van der Waals surface area contributed by atoms with Crippen LogP contribution in [0.15, 0.2) is 0 Å². The van der Waals surface area contributed by atoms with E-state index in [9.17, 15) is 4.79 Å². The van der Waals surface area contributed by atoms with Crippen LogP contribution in [-0.4, -0.2) is 19.0 Å². The Morgan fingerprint density at radius 3 is 2.47 bits per heavy atom. The van der Waals surface area contributed by atoms with Crippen LogP contribution < -0.4 is 0 Å². The van der Waals surface area contributed by atoms with E-state index in [1.165, 1.54) is 38.5 Å². The molecule has 0 aliphatic carbocycles. The molecule has 1 unspecified atom stereocenters. The van der Waals surface area contributed by atoms with E-state index in [4.69, 9.17) is 4.74 Å². The molecule has 1 fully saturated rings. The standard InChI is InChI=1S/C15H28O2/c1-2-3-4-5-6-7-8-9-15(16)12-14-10-11-17-13-14/h14H,2-13H2,1H3. The molecule has 0 spiro atoms. The summed E-state index contributed by atoms with van der Waals surface area (Å²) in [6.45, 7) is 3.91. The summed E-state index contributed by atoms with van der Waals surface area (Å²) in [5.41, 5.74) is 0. The van der Waals surface area contributed by atoms with Gasteiger partial charge in [-0.05, 0) is 18.8 Å². The van der Waals surface area contributed by atoms with Crippen LogP contribution in [-0.2, 0) is 9.53 Å². The molecule has 1 heterocycles. The molecule has 0 N–H and O–H groups in total. The predicted molar refractivity (Wildman–Crippen MR) is 71.2 cm³/mol. The van der Waals surface area contributed by atoms with Crippen molar-refractivity contribution in [2.24, 2.45) is 5.92 Å². The predicted octanol–water partition coefficient (Wildman–Crippen LogP) is 4.12. The average molecular weight is 240 g/mol. The highest BCUT2D eigenvalue weighted by atomic mass is 16.5. The van der Waals surface area contributed by atoms with Crippen LogP contribution in [0.3, 0.4) is 0 Å².